The molecule has 2 rings (SSSR count). The highest BCUT2D eigenvalue weighted by Crippen LogP contribution is 2.22. The quantitative estimate of drug-likeness (QED) is 0.912. The minimum absolute atomic E-state index is 0.187. The number of hydrogen-bond acceptors (Lipinski definition) is 2. The van der Waals surface area contributed by atoms with Crippen LogP contribution in [0.2, 0.25) is 0 Å². The van der Waals surface area contributed by atoms with Gasteiger partial charge in [-0.2, -0.15) is 0 Å². The summed E-state index contributed by atoms with van der Waals surface area (Å²) in [6.45, 7) is 7.51. The first-order valence-electron chi connectivity index (χ1n) is 7.01. The number of halogens is 2. The lowest BCUT2D eigenvalue weighted by Crippen LogP contribution is -2.39. The van der Waals surface area contributed by atoms with Gasteiger partial charge < -0.3 is 5.32 Å². The van der Waals surface area contributed by atoms with Crippen molar-refractivity contribution in [3.8, 4) is 0 Å². The Morgan fingerprint density at radius 2 is 2.26 bits per heavy atom. The molecule has 1 heterocycles. The van der Waals surface area contributed by atoms with Crippen molar-refractivity contribution in [2.75, 3.05) is 13.1 Å². The Morgan fingerprint density at radius 3 is 2.95 bits per heavy atom. The molecule has 0 aliphatic carbocycles. The van der Waals surface area contributed by atoms with E-state index in [0.29, 0.717) is 12.1 Å². The van der Waals surface area contributed by atoms with Gasteiger partial charge in [-0.05, 0) is 44.0 Å². The fourth-order valence-electron chi connectivity index (χ4n) is 2.57. The average Bonchev–Trinajstić information content (AvgIpc) is 2.55. The Labute approximate surface area is 123 Å². The fraction of sp³-hybridized carbons (Fsp3) is 0.600. The second-order valence-corrected chi connectivity index (χ2v) is 6.22. The van der Waals surface area contributed by atoms with Crippen molar-refractivity contribution in [2.45, 2.75) is 45.3 Å². The highest BCUT2D eigenvalue weighted by atomic mass is 79.9. The molecule has 19 heavy (non-hydrogen) atoms. The van der Waals surface area contributed by atoms with Gasteiger partial charge in [0.1, 0.15) is 5.82 Å². The molecule has 0 radical (unpaired) electrons. The van der Waals surface area contributed by atoms with Crippen LogP contribution in [0, 0.1) is 5.82 Å². The van der Waals surface area contributed by atoms with Gasteiger partial charge >= 0.3 is 0 Å². The number of benzene rings is 1. The molecule has 0 spiro atoms. The van der Waals surface area contributed by atoms with Crippen LogP contribution in [0.3, 0.4) is 0 Å². The van der Waals surface area contributed by atoms with Crippen molar-refractivity contribution >= 4 is 15.9 Å². The minimum atomic E-state index is -0.187. The molecule has 0 amide bonds. The zero-order chi connectivity index (χ0) is 13.8. The fourth-order valence-corrected chi connectivity index (χ4v) is 3.05. The van der Waals surface area contributed by atoms with E-state index in [1.54, 1.807) is 6.07 Å². The van der Waals surface area contributed by atoms with E-state index in [1.165, 1.54) is 6.07 Å². The zero-order valence-electron chi connectivity index (χ0n) is 11.6. The summed E-state index contributed by atoms with van der Waals surface area (Å²) in [5, 5.41) is 3.59. The molecular weight excluding hydrogens is 307 g/mol. The summed E-state index contributed by atoms with van der Waals surface area (Å²) in [6.07, 6.45) is 2.31. The summed E-state index contributed by atoms with van der Waals surface area (Å²) in [7, 11) is 0. The van der Waals surface area contributed by atoms with E-state index in [-0.39, 0.29) is 5.82 Å². The number of hydrogen-bond donors (Lipinski definition) is 1. The summed E-state index contributed by atoms with van der Waals surface area (Å²) in [5.74, 6) is -0.187. The van der Waals surface area contributed by atoms with Crippen LogP contribution in [0.25, 0.3) is 0 Å². The van der Waals surface area contributed by atoms with E-state index in [4.69, 9.17) is 0 Å². The minimum Gasteiger partial charge on any atom is -0.313 e. The van der Waals surface area contributed by atoms with Crippen LogP contribution in [0.1, 0.15) is 32.3 Å². The third-order valence-electron chi connectivity index (χ3n) is 3.95. The summed E-state index contributed by atoms with van der Waals surface area (Å²) >= 11 is 3.46. The van der Waals surface area contributed by atoms with Crippen molar-refractivity contribution in [2.24, 2.45) is 0 Å². The Balaban J connectivity index is 2.10. The lowest BCUT2D eigenvalue weighted by Gasteiger charge is -2.29. The highest BCUT2D eigenvalue weighted by Gasteiger charge is 2.22. The molecular formula is C15H22BrFN2. The molecule has 4 heteroatoms. The van der Waals surface area contributed by atoms with E-state index >= 15 is 0 Å². The maximum atomic E-state index is 13.1. The Bertz CT molecular complexity index is 425. The maximum Gasteiger partial charge on any atom is 0.124 e. The van der Waals surface area contributed by atoms with Gasteiger partial charge in [0.15, 0.2) is 0 Å². The first-order chi connectivity index (χ1) is 9.10. The van der Waals surface area contributed by atoms with E-state index in [0.717, 1.165) is 42.5 Å². The van der Waals surface area contributed by atoms with Gasteiger partial charge in [-0.25, -0.2) is 4.39 Å². The normalized spacial score (nSPS) is 25.3. The third kappa shape index (κ3) is 4.01. The van der Waals surface area contributed by atoms with Crippen molar-refractivity contribution in [1.29, 1.82) is 0 Å². The topological polar surface area (TPSA) is 15.3 Å². The van der Waals surface area contributed by atoms with Gasteiger partial charge in [-0.1, -0.05) is 28.9 Å². The molecule has 1 aliphatic rings. The Kier molecular flexibility index (Phi) is 5.37. The summed E-state index contributed by atoms with van der Waals surface area (Å²) in [6, 6.07) is 6.09. The van der Waals surface area contributed by atoms with Crippen LogP contribution in [0.5, 0.6) is 0 Å². The number of rotatable bonds is 3. The molecule has 0 aromatic heterocycles. The van der Waals surface area contributed by atoms with Gasteiger partial charge in [0.2, 0.25) is 0 Å². The molecule has 1 saturated heterocycles. The average molecular weight is 329 g/mol. The Morgan fingerprint density at radius 1 is 1.47 bits per heavy atom. The summed E-state index contributed by atoms with van der Waals surface area (Å²) in [5.41, 5.74) is 1.16. The summed E-state index contributed by atoms with van der Waals surface area (Å²) < 4.78 is 14.0. The van der Waals surface area contributed by atoms with E-state index in [1.807, 2.05) is 6.07 Å². The van der Waals surface area contributed by atoms with Gasteiger partial charge in [-0.3, -0.25) is 4.90 Å². The van der Waals surface area contributed by atoms with E-state index in [9.17, 15) is 4.39 Å². The van der Waals surface area contributed by atoms with Crippen LogP contribution >= 0.6 is 15.9 Å². The van der Waals surface area contributed by atoms with Gasteiger partial charge in [-0.15, -0.1) is 0 Å². The van der Waals surface area contributed by atoms with Crippen LogP contribution < -0.4 is 5.32 Å². The smallest absolute Gasteiger partial charge is 0.124 e. The number of nitrogens with one attached hydrogen (secondary N) is 1. The first kappa shape index (κ1) is 14.9. The second kappa shape index (κ2) is 6.82. The lowest BCUT2D eigenvalue weighted by atomic mass is 10.1. The van der Waals surface area contributed by atoms with Crippen molar-refractivity contribution in [1.82, 2.24) is 10.2 Å². The molecule has 2 nitrogen and oxygen atoms in total. The maximum absolute atomic E-state index is 13.1. The third-order valence-corrected chi connectivity index (χ3v) is 4.69. The molecule has 0 saturated carbocycles. The molecule has 1 N–H and O–H groups in total. The van der Waals surface area contributed by atoms with Crippen molar-refractivity contribution in [3.05, 3.63) is 34.1 Å². The molecule has 1 aromatic rings. The monoisotopic (exact) mass is 328 g/mol. The molecule has 1 aliphatic heterocycles. The molecule has 0 bridgehead atoms. The van der Waals surface area contributed by atoms with E-state index in [2.05, 4.69) is 40.0 Å². The summed E-state index contributed by atoms with van der Waals surface area (Å²) in [4.78, 5) is 2.49. The van der Waals surface area contributed by atoms with Gasteiger partial charge in [0, 0.05) is 29.6 Å². The van der Waals surface area contributed by atoms with Crippen molar-refractivity contribution in [3.63, 3.8) is 0 Å². The first-order valence-corrected chi connectivity index (χ1v) is 7.80. The van der Waals surface area contributed by atoms with Crippen molar-refractivity contribution < 1.29 is 4.39 Å². The number of nitrogens with zero attached hydrogens (tertiary/aromatic N) is 1. The van der Waals surface area contributed by atoms with Crippen LogP contribution in [-0.2, 0) is 6.54 Å². The largest absolute Gasteiger partial charge is 0.313 e. The standard InChI is InChI=1S/C15H22BrFN2/c1-3-14-10-19(11(2)6-7-18-14)9-12-4-5-13(17)8-15(12)16/h4-5,8,11,14,18H,3,6-7,9-10H2,1-2H3. The van der Waals surface area contributed by atoms with Gasteiger partial charge in [0.25, 0.3) is 0 Å². The molecule has 2 atom stereocenters. The Hall–Kier alpha value is -0.450. The molecule has 1 fully saturated rings. The molecule has 106 valence electrons. The van der Waals surface area contributed by atoms with Gasteiger partial charge in [0.05, 0.1) is 0 Å². The lowest BCUT2D eigenvalue weighted by molar-refractivity contribution is 0.194. The highest BCUT2D eigenvalue weighted by molar-refractivity contribution is 9.10. The zero-order valence-corrected chi connectivity index (χ0v) is 13.2. The van der Waals surface area contributed by atoms with E-state index < -0.39 is 0 Å². The molecule has 2 unspecified atom stereocenters. The van der Waals surface area contributed by atoms with Crippen LogP contribution in [0.15, 0.2) is 22.7 Å². The SMILES string of the molecule is CCC1CN(Cc2ccc(F)cc2Br)C(C)CCN1. The van der Waals surface area contributed by atoms with Crippen LogP contribution in [-0.4, -0.2) is 30.1 Å². The van der Waals surface area contributed by atoms with Crippen LogP contribution in [0.4, 0.5) is 4.39 Å². The second-order valence-electron chi connectivity index (χ2n) is 5.36. The molecule has 1 aromatic carbocycles. The predicted octanol–water partition coefficient (Wildman–Crippen LogP) is 3.55. The predicted molar refractivity (Wildman–Crippen MR) is 80.7 cm³/mol.